The van der Waals surface area contributed by atoms with E-state index in [0.29, 0.717) is 18.1 Å². The number of hydrogen-bond donors (Lipinski definition) is 1. The van der Waals surface area contributed by atoms with Crippen molar-refractivity contribution >= 4 is 17.6 Å². The summed E-state index contributed by atoms with van der Waals surface area (Å²) in [5.41, 5.74) is 2.21. The van der Waals surface area contributed by atoms with Gasteiger partial charge in [0.25, 0.3) is 0 Å². The second-order valence-corrected chi connectivity index (χ2v) is 6.62. The number of aryl methyl sites for hydroxylation is 1. The van der Waals surface area contributed by atoms with Crippen LogP contribution in [0.1, 0.15) is 17.3 Å². The molecule has 0 radical (unpaired) electrons. The molecule has 0 aliphatic carbocycles. The predicted octanol–water partition coefficient (Wildman–Crippen LogP) is 3.12. The maximum Gasteiger partial charge on any atom is 0.317 e. The Hall–Kier alpha value is -1.98. The van der Waals surface area contributed by atoms with Crippen LogP contribution in [0.4, 0.5) is 4.79 Å². The molecule has 1 aromatic carbocycles. The number of benzene rings is 1. The van der Waals surface area contributed by atoms with Gasteiger partial charge in [0.05, 0.1) is 12.6 Å². The van der Waals surface area contributed by atoms with Crippen molar-refractivity contribution in [3.63, 3.8) is 0 Å². The Bertz CT molecular complexity index is 666. The average Bonchev–Trinajstić information content (AvgIpc) is 2.93. The van der Waals surface area contributed by atoms with Gasteiger partial charge in [0.2, 0.25) is 0 Å². The van der Waals surface area contributed by atoms with E-state index < -0.39 is 0 Å². The van der Waals surface area contributed by atoms with Gasteiger partial charge < -0.3 is 19.7 Å². The number of carbonyl (C=O) groups excluding carboxylic acids is 1. The van der Waals surface area contributed by atoms with E-state index >= 15 is 0 Å². The van der Waals surface area contributed by atoms with Gasteiger partial charge in [0.15, 0.2) is 0 Å². The molecule has 0 spiro atoms. The van der Waals surface area contributed by atoms with Crippen LogP contribution in [-0.4, -0.2) is 48.1 Å². The number of likely N-dealkylation sites (N-methyl/N-ethyl adjacent to an activating group) is 1. The predicted molar refractivity (Wildman–Crippen MR) is 98.2 cm³/mol. The molecule has 6 heteroatoms. The van der Waals surface area contributed by atoms with E-state index in [1.807, 2.05) is 68.3 Å². The van der Waals surface area contributed by atoms with Crippen molar-refractivity contribution in [2.24, 2.45) is 7.05 Å². The van der Waals surface area contributed by atoms with Crippen molar-refractivity contribution in [3.8, 4) is 0 Å². The van der Waals surface area contributed by atoms with E-state index in [0.717, 1.165) is 11.3 Å². The van der Waals surface area contributed by atoms with Crippen molar-refractivity contribution < 1.29 is 4.79 Å². The number of aromatic nitrogens is 1. The minimum absolute atomic E-state index is 0.0861. The molecule has 24 heavy (non-hydrogen) atoms. The van der Waals surface area contributed by atoms with E-state index in [4.69, 9.17) is 11.6 Å². The molecule has 1 aromatic heterocycles. The standard InChI is InChI=1S/C18H25ClN4O/c1-21(2)17(14-7-9-15(19)10-8-14)12-20-18(24)23(4)13-16-6-5-11-22(16)3/h5-11,17H,12-13H2,1-4H3,(H,20,24)/t17-/m1/s1. The van der Waals surface area contributed by atoms with Gasteiger partial charge in [-0.25, -0.2) is 4.79 Å². The number of halogens is 1. The number of amides is 2. The molecular formula is C18H25ClN4O. The highest BCUT2D eigenvalue weighted by molar-refractivity contribution is 6.30. The van der Waals surface area contributed by atoms with Gasteiger partial charge in [-0.2, -0.15) is 0 Å². The summed E-state index contributed by atoms with van der Waals surface area (Å²) in [7, 11) is 7.78. The summed E-state index contributed by atoms with van der Waals surface area (Å²) < 4.78 is 2.01. The van der Waals surface area contributed by atoms with Crippen LogP contribution in [0, 0.1) is 0 Å². The number of urea groups is 1. The largest absolute Gasteiger partial charge is 0.353 e. The van der Waals surface area contributed by atoms with Crippen LogP contribution < -0.4 is 5.32 Å². The van der Waals surface area contributed by atoms with E-state index in [1.54, 1.807) is 11.9 Å². The minimum atomic E-state index is -0.0861. The van der Waals surface area contributed by atoms with Crippen molar-refractivity contribution in [1.82, 2.24) is 19.7 Å². The first-order chi connectivity index (χ1) is 11.4. The molecule has 0 bridgehead atoms. The Labute approximate surface area is 148 Å². The summed E-state index contributed by atoms with van der Waals surface area (Å²) in [6.07, 6.45) is 1.98. The normalized spacial score (nSPS) is 12.2. The molecule has 0 unspecified atom stereocenters. The third-order valence-electron chi connectivity index (χ3n) is 4.12. The van der Waals surface area contributed by atoms with Crippen molar-refractivity contribution in [1.29, 1.82) is 0 Å². The average molecular weight is 349 g/mol. The molecule has 5 nitrogen and oxygen atoms in total. The smallest absolute Gasteiger partial charge is 0.317 e. The van der Waals surface area contributed by atoms with Gasteiger partial charge in [-0.15, -0.1) is 0 Å². The van der Waals surface area contributed by atoms with Crippen molar-refractivity contribution in [2.45, 2.75) is 12.6 Å². The van der Waals surface area contributed by atoms with Crippen LogP contribution >= 0.6 is 11.6 Å². The molecule has 2 amide bonds. The first-order valence-corrected chi connectivity index (χ1v) is 8.27. The van der Waals surface area contributed by atoms with Crippen LogP contribution in [0.3, 0.4) is 0 Å². The lowest BCUT2D eigenvalue weighted by molar-refractivity contribution is 0.200. The van der Waals surface area contributed by atoms with Crippen LogP contribution in [0.25, 0.3) is 0 Å². The van der Waals surface area contributed by atoms with E-state index in [-0.39, 0.29) is 12.1 Å². The summed E-state index contributed by atoms with van der Waals surface area (Å²) in [6, 6.07) is 11.7. The lowest BCUT2D eigenvalue weighted by Crippen LogP contribution is -2.41. The monoisotopic (exact) mass is 348 g/mol. The minimum Gasteiger partial charge on any atom is -0.353 e. The number of carbonyl (C=O) groups is 1. The summed E-state index contributed by atoms with van der Waals surface area (Å²) in [6.45, 7) is 1.11. The SMILES string of the molecule is CN(Cc1cccn1C)C(=O)NC[C@H](c1ccc(Cl)cc1)N(C)C. The second-order valence-electron chi connectivity index (χ2n) is 6.18. The second kappa shape index (κ2) is 8.22. The van der Waals surface area contributed by atoms with E-state index in [9.17, 15) is 4.79 Å². The van der Waals surface area contributed by atoms with E-state index in [1.165, 1.54) is 0 Å². The molecule has 1 N–H and O–H groups in total. The molecule has 0 aliphatic rings. The summed E-state index contributed by atoms with van der Waals surface area (Å²) >= 11 is 5.95. The third kappa shape index (κ3) is 4.76. The van der Waals surface area contributed by atoms with Crippen LogP contribution in [0.2, 0.25) is 5.02 Å². The fraction of sp³-hybridized carbons (Fsp3) is 0.389. The molecular weight excluding hydrogens is 324 g/mol. The number of rotatable bonds is 6. The van der Waals surface area contributed by atoms with Gasteiger partial charge in [-0.1, -0.05) is 23.7 Å². The highest BCUT2D eigenvalue weighted by Gasteiger charge is 2.17. The Balaban J connectivity index is 1.94. The number of nitrogens with zero attached hydrogens (tertiary/aromatic N) is 3. The first kappa shape index (κ1) is 18.4. The molecule has 2 aromatic rings. The molecule has 1 heterocycles. The third-order valence-corrected chi connectivity index (χ3v) is 4.37. The Morgan fingerprint density at radius 1 is 1.21 bits per heavy atom. The highest BCUT2D eigenvalue weighted by Crippen LogP contribution is 2.19. The van der Waals surface area contributed by atoms with Gasteiger partial charge in [-0.3, -0.25) is 0 Å². The van der Waals surface area contributed by atoms with Gasteiger partial charge >= 0.3 is 6.03 Å². The molecule has 130 valence electrons. The Morgan fingerprint density at radius 2 is 1.88 bits per heavy atom. The Kier molecular flexibility index (Phi) is 6.29. The first-order valence-electron chi connectivity index (χ1n) is 7.89. The molecule has 1 atom stereocenters. The number of hydrogen-bond acceptors (Lipinski definition) is 2. The fourth-order valence-corrected chi connectivity index (χ4v) is 2.70. The van der Waals surface area contributed by atoms with Crippen LogP contribution in [0.15, 0.2) is 42.6 Å². The van der Waals surface area contributed by atoms with Crippen LogP contribution in [0.5, 0.6) is 0 Å². The number of nitrogens with one attached hydrogen (secondary N) is 1. The van der Waals surface area contributed by atoms with Gasteiger partial charge in [0.1, 0.15) is 0 Å². The summed E-state index contributed by atoms with van der Waals surface area (Å²) in [5.74, 6) is 0. The van der Waals surface area contributed by atoms with Gasteiger partial charge in [0, 0.05) is 37.6 Å². The quantitative estimate of drug-likeness (QED) is 0.871. The molecule has 0 fully saturated rings. The maximum absolute atomic E-state index is 12.4. The topological polar surface area (TPSA) is 40.5 Å². The molecule has 2 rings (SSSR count). The van der Waals surface area contributed by atoms with Gasteiger partial charge in [-0.05, 0) is 43.9 Å². The summed E-state index contributed by atoms with van der Waals surface area (Å²) in [4.78, 5) is 16.1. The maximum atomic E-state index is 12.4. The lowest BCUT2D eigenvalue weighted by Gasteiger charge is -2.26. The van der Waals surface area contributed by atoms with Crippen LogP contribution in [-0.2, 0) is 13.6 Å². The fourth-order valence-electron chi connectivity index (χ4n) is 2.58. The zero-order valence-corrected chi connectivity index (χ0v) is 15.4. The zero-order valence-electron chi connectivity index (χ0n) is 14.7. The highest BCUT2D eigenvalue weighted by atomic mass is 35.5. The van der Waals surface area contributed by atoms with Crippen molar-refractivity contribution in [3.05, 3.63) is 58.9 Å². The Morgan fingerprint density at radius 3 is 2.42 bits per heavy atom. The zero-order chi connectivity index (χ0) is 17.7. The molecule has 0 saturated carbocycles. The molecule has 0 aliphatic heterocycles. The van der Waals surface area contributed by atoms with Crippen molar-refractivity contribution in [2.75, 3.05) is 27.7 Å². The molecule has 0 saturated heterocycles. The van der Waals surface area contributed by atoms with E-state index in [2.05, 4.69) is 10.2 Å². The lowest BCUT2D eigenvalue weighted by atomic mass is 10.1. The summed E-state index contributed by atoms with van der Waals surface area (Å²) in [5, 5.41) is 3.72.